The first kappa shape index (κ1) is 12.3. The predicted molar refractivity (Wildman–Crippen MR) is 58.8 cm³/mol. The first-order valence-corrected chi connectivity index (χ1v) is 5.81. The Kier molecular flexibility index (Phi) is 3.35. The van der Waals surface area contributed by atoms with Gasteiger partial charge in [0.15, 0.2) is 0 Å². The smallest absolute Gasteiger partial charge is 0.311 e. The first-order chi connectivity index (χ1) is 8.15. The predicted octanol–water partition coefficient (Wildman–Crippen LogP) is -0.308. The van der Waals surface area contributed by atoms with Gasteiger partial charge in [-0.1, -0.05) is 0 Å². The number of ether oxygens (including phenoxy) is 1. The topological polar surface area (TPSA) is 67.9 Å². The molecule has 2 aliphatic heterocycles. The Labute approximate surface area is 100 Å². The number of hydrogen-bond donors (Lipinski definition) is 1. The number of carbonyl (C=O) groups is 2. The summed E-state index contributed by atoms with van der Waals surface area (Å²) in [5.74, 6) is -0.869. The van der Waals surface area contributed by atoms with Crippen molar-refractivity contribution >= 4 is 11.9 Å². The molecule has 6 heteroatoms. The largest absolute Gasteiger partial charge is 0.469 e. The monoisotopic (exact) mass is 242 g/mol. The first-order valence-electron chi connectivity index (χ1n) is 5.81. The van der Waals surface area contributed by atoms with Crippen molar-refractivity contribution in [1.29, 1.82) is 0 Å². The number of methoxy groups -OCH3 is 1. The maximum atomic E-state index is 11.9. The zero-order chi connectivity index (χ0) is 12.5. The molecule has 1 atom stereocenters. The summed E-state index contributed by atoms with van der Waals surface area (Å²) >= 11 is 0. The summed E-state index contributed by atoms with van der Waals surface area (Å²) in [6, 6.07) is 0. The Bertz CT molecular complexity index is 323. The molecular weight excluding hydrogens is 224 g/mol. The number of hydroxylamine groups is 2. The maximum Gasteiger partial charge on any atom is 0.311 e. The molecule has 6 nitrogen and oxygen atoms in total. The molecule has 1 unspecified atom stereocenters. The van der Waals surface area contributed by atoms with E-state index in [2.05, 4.69) is 5.32 Å². The number of nitrogens with one attached hydrogen (secondary N) is 1. The van der Waals surface area contributed by atoms with Crippen LogP contribution in [0.3, 0.4) is 0 Å². The van der Waals surface area contributed by atoms with E-state index in [0.717, 1.165) is 13.1 Å². The van der Waals surface area contributed by atoms with Crippen molar-refractivity contribution in [1.82, 2.24) is 10.4 Å². The Morgan fingerprint density at radius 3 is 2.59 bits per heavy atom. The molecule has 0 aromatic carbocycles. The minimum Gasteiger partial charge on any atom is -0.469 e. The summed E-state index contributed by atoms with van der Waals surface area (Å²) in [6.45, 7) is 1.56. The molecule has 0 aliphatic carbocycles. The lowest BCUT2D eigenvalue weighted by atomic mass is 9.78. The summed E-state index contributed by atoms with van der Waals surface area (Å²) in [5.41, 5.74) is -0.524. The minimum absolute atomic E-state index is 0.134. The lowest BCUT2D eigenvalue weighted by Gasteiger charge is -2.42. The van der Waals surface area contributed by atoms with Crippen LogP contribution in [0.2, 0.25) is 0 Å². The van der Waals surface area contributed by atoms with E-state index in [1.165, 1.54) is 19.3 Å². The van der Waals surface area contributed by atoms with Crippen LogP contribution in [0.1, 0.15) is 19.3 Å². The second-order valence-corrected chi connectivity index (χ2v) is 4.50. The molecule has 2 rings (SSSR count). The molecule has 0 aromatic heterocycles. The molecule has 1 amide bonds. The second-order valence-electron chi connectivity index (χ2n) is 4.50. The lowest BCUT2D eigenvalue weighted by molar-refractivity contribution is -0.206. The molecule has 17 heavy (non-hydrogen) atoms. The van der Waals surface area contributed by atoms with E-state index >= 15 is 0 Å². The van der Waals surface area contributed by atoms with Crippen molar-refractivity contribution in [3.05, 3.63) is 0 Å². The van der Waals surface area contributed by atoms with E-state index in [-0.39, 0.29) is 18.3 Å². The number of hydrogen-bond acceptors (Lipinski definition) is 5. The maximum absolute atomic E-state index is 11.9. The standard InChI is InChI=1S/C11H18N2O4/c1-16-10(15)8-7-9(14)13(17-2)11(8)3-5-12-6-4-11/h8,12H,3-7H2,1-2H3. The summed E-state index contributed by atoms with van der Waals surface area (Å²) in [7, 11) is 2.83. The summed E-state index contributed by atoms with van der Waals surface area (Å²) in [4.78, 5) is 28.9. The number of rotatable bonds is 2. The van der Waals surface area contributed by atoms with Gasteiger partial charge < -0.3 is 10.1 Å². The third-order valence-corrected chi connectivity index (χ3v) is 3.80. The van der Waals surface area contributed by atoms with Gasteiger partial charge >= 0.3 is 5.97 Å². The molecule has 96 valence electrons. The quantitative estimate of drug-likeness (QED) is 0.673. The second kappa shape index (κ2) is 4.62. The Balaban J connectivity index is 2.32. The molecule has 2 aliphatic rings. The number of esters is 1. The number of carbonyl (C=O) groups excluding carboxylic acids is 2. The van der Waals surface area contributed by atoms with E-state index < -0.39 is 11.5 Å². The minimum atomic E-state index is -0.524. The van der Waals surface area contributed by atoms with E-state index in [4.69, 9.17) is 9.57 Å². The molecule has 1 spiro atoms. The fraction of sp³-hybridized carbons (Fsp3) is 0.818. The van der Waals surface area contributed by atoms with Gasteiger partial charge in [-0.2, -0.15) is 0 Å². The highest BCUT2D eigenvalue weighted by Crippen LogP contribution is 2.42. The average molecular weight is 242 g/mol. The Hall–Kier alpha value is -1.14. The highest BCUT2D eigenvalue weighted by molar-refractivity contribution is 5.88. The third kappa shape index (κ3) is 1.81. The molecule has 0 bridgehead atoms. The Morgan fingerprint density at radius 2 is 2.06 bits per heavy atom. The highest BCUT2D eigenvalue weighted by Gasteiger charge is 2.57. The van der Waals surface area contributed by atoms with Crippen LogP contribution in [0.5, 0.6) is 0 Å². The molecule has 0 saturated carbocycles. The molecule has 0 aromatic rings. The van der Waals surface area contributed by atoms with E-state index in [1.54, 1.807) is 0 Å². The highest BCUT2D eigenvalue weighted by atomic mass is 16.7. The Morgan fingerprint density at radius 1 is 1.41 bits per heavy atom. The van der Waals surface area contributed by atoms with Gasteiger partial charge in [0.25, 0.3) is 0 Å². The molecule has 0 radical (unpaired) electrons. The van der Waals surface area contributed by atoms with Gasteiger partial charge in [-0.3, -0.25) is 14.4 Å². The fourth-order valence-corrected chi connectivity index (χ4v) is 2.98. The zero-order valence-electron chi connectivity index (χ0n) is 10.2. The number of nitrogens with zero attached hydrogens (tertiary/aromatic N) is 1. The van der Waals surface area contributed by atoms with Gasteiger partial charge in [0.2, 0.25) is 5.91 Å². The summed E-state index contributed by atoms with van der Waals surface area (Å²) in [6.07, 6.45) is 1.61. The van der Waals surface area contributed by atoms with Gasteiger partial charge in [0, 0.05) is 6.42 Å². The summed E-state index contributed by atoms with van der Waals surface area (Å²) < 4.78 is 4.81. The van der Waals surface area contributed by atoms with Crippen molar-refractivity contribution in [2.24, 2.45) is 5.92 Å². The van der Waals surface area contributed by atoms with Crippen molar-refractivity contribution in [3.63, 3.8) is 0 Å². The van der Waals surface area contributed by atoms with Crippen molar-refractivity contribution < 1.29 is 19.2 Å². The van der Waals surface area contributed by atoms with Crippen LogP contribution in [0.4, 0.5) is 0 Å². The van der Waals surface area contributed by atoms with E-state index in [0.29, 0.717) is 12.8 Å². The van der Waals surface area contributed by atoms with Gasteiger partial charge in [-0.25, -0.2) is 5.06 Å². The normalized spacial score (nSPS) is 27.5. The van der Waals surface area contributed by atoms with Crippen LogP contribution in [0.15, 0.2) is 0 Å². The van der Waals surface area contributed by atoms with Crippen molar-refractivity contribution in [3.8, 4) is 0 Å². The van der Waals surface area contributed by atoms with Crippen molar-refractivity contribution in [2.75, 3.05) is 27.3 Å². The summed E-state index contributed by atoms with van der Waals surface area (Å²) in [5, 5.41) is 4.61. The van der Waals surface area contributed by atoms with Crippen LogP contribution in [0.25, 0.3) is 0 Å². The molecule has 2 fully saturated rings. The van der Waals surface area contributed by atoms with Gasteiger partial charge in [-0.15, -0.1) is 0 Å². The molecular formula is C11H18N2O4. The third-order valence-electron chi connectivity index (χ3n) is 3.80. The average Bonchev–Trinajstić information content (AvgIpc) is 2.62. The van der Waals surface area contributed by atoms with Crippen LogP contribution < -0.4 is 5.32 Å². The van der Waals surface area contributed by atoms with Crippen LogP contribution in [-0.4, -0.2) is 49.8 Å². The molecule has 2 saturated heterocycles. The van der Waals surface area contributed by atoms with Crippen molar-refractivity contribution in [2.45, 2.75) is 24.8 Å². The van der Waals surface area contributed by atoms with Crippen LogP contribution >= 0.6 is 0 Å². The number of piperidine rings is 1. The zero-order valence-corrected chi connectivity index (χ0v) is 10.2. The molecule has 1 N–H and O–H groups in total. The van der Waals surface area contributed by atoms with Gasteiger partial charge in [-0.05, 0) is 25.9 Å². The number of amides is 1. The van der Waals surface area contributed by atoms with Gasteiger partial charge in [0.1, 0.15) is 0 Å². The van der Waals surface area contributed by atoms with Crippen LogP contribution in [-0.2, 0) is 19.2 Å². The van der Waals surface area contributed by atoms with Gasteiger partial charge in [0.05, 0.1) is 25.7 Å². The van der Waals surface area contributed by atoms with Crippen LogP contribution in [0, 0.1) is 5.92 Å². The molecule has 2 heterocycles. The SMILES string of the molecule is COC(=O)C1CC(=O)N(OC)C12CCNCC2. The van der Waals surface area contributed by atoms with E-state index in [1.807, 2.05) is 0 Å². The van der Waals surface area contributed by atoms with E-state index in [9.17, 15) is 9.59 Å². The fourth-order valence-electron chi connectivity index (χ4n) is 2.98. The lowest BCUT2D eigenvalue weighted by Crippen LogP contribution is -2.56.